The highest BCUT2D eigenvalue weighted by Crippen LogP contribution is 2.21. The SMILES string of the molecule is N#Cc1ccc(NC(=O)COC(=O)CNC(=O)c2ccc(Cl)cc2Cl)cc1Cl. The number of carbonyl (C=O) groups is 3. The molecule has 2 N–H and O–H groups in total. The van der Waals surface area contributed by atoms with Crippen molar-refractivity contribution in [3.63, 3.8) is 0 Å². The highest BCUT2D eigenvalue weighted by molar-refractivity contribution is 6.36. The summed E-state index contributed by atoms with van der Waals surface area (Å²) in [7, 11) is 0. The van der Waals surface area contributed by atoms with Crippen LogP contribution in [0.4, 0.5) is 5.69 Å². The fraction of sp³-hybridized carbons (Fsp3) is 0.111. The first-order chi connectivity index (χ1) is 13.3. The summed E-state index contributed by atoms with van der Waals surface area (Å²) in [5, 5.41) is 14.3. The molecule has 0 spiro atoms. The number of nitrogens with zero attached hydrogens (tertiary/aromatic N) is 1. The highest BCUT2D eigenvalue weighted by atomic mass is 35.5. The lowest BCUT2D eigenvalue weighted by atomic mass is 10.2. The molecule has 144 valence electrons. The average Bonchev–Trinajstić information content (AvgIpc) is 2.64. The molecule has 0 radical (unpaired) electrons. The number of benzene rings is 2. The standard InChI is InChI=1S/C18H12Cl3N3O4/c19-11-2-4-13(15(21)5-11)18(27)23-8-17(26)28-9-16(25)24-12-3-1-10(7-22)14(20)6-12/h1-6H,8-9H2,(H,23,27)(H,24,25). The number of anilines is 1. The number of ether oxygens (including phenoxy) is 1. The summed E-state index contributed by atoms with van der Waals surface area (Å²) >= 11 is 17.5. The van der Waals surface area contributed by atoms with Gasteiger partial charge in [0.2, 0.25) is 0 Å². The van der Waals surface area contributed by atoms with Crippen molar-refractivity contribution in [2.45, 2.75) is 0 Å². The number of esters is 1. The Morgan fingerprint density at radius 2 is 1.79 bits per heavy atom. The molecule has 0 atom stereocenters. The topological polar surface area (TPSA) is 108 Å². The van der Waals surface area contributed by atoms with Gasteiger partial charge in [0.15, 0.2) is 6.61 Å². The molecule has 7 nitrogen and oxygen atoms in total. The van der Waals surface area contributed by atoms with Crippen molar-refractivity contribution in [1.82, 2.24) is 5.32 Å². The number of nitrogens with one attached hydrogen (secondary N) is 2. The van der Waals surface area contributed by atoms with E-state index in [0.717, 1.165) is 0 Å². The van der Waals surface area contributed by atoms with Crippen LogP contribution in [-0.4, -0.2) is 30.9 Å². The van der Waals surface area contributed by atoms with Crippen LogP contribution in [0.3, 0.4) is 0 Å². The molecule has 28 heavy (non-hydrogen) atoms. The van der Waals surface area contributed by atoms with E-state index in [9.17, 15) is 14.4 Å². The van der Waals surface area contributed by atoms with E-state index >= 15 is 0 Å². The van der Waals surface area contributed by atoms with E-state index < -0.39 is 30.9 Å². The van der Waals surface area contributed by atoms with Crippen molar-refractivity contribution >= 4 is 58.3 Å². The number of rotatable bonds is 6. The van der Waals surface area contributed by atoms with Gasteiger partial charge in [-0.1, -0.05) is 34.8 Å². The minimum atomic E-state index is -0.813. The van der Waals surface area contributed by atoms with Crippen LogP contribution in [-0.2, 0) is 14.3 Å². The number of nitriles is 1. The van der Waals surface area contributed by atoms with Crippen molar-refractivity contribution in [3.8, 4) is 6.07 Å². The quantitative estimate of drug-likeness (QED) is 0.669. The monoisotopic (exact) mass is 439 g/mol. The van der Waals surface area contributed by atoms with E-state index in [1.807, 2.05) is 6.07 Å². The lowest BCUT2D eigenvalue weighted by Crippen LogP contribution is -2.32. The van der Waals surface area contributed by atoms with E-state index in [0.29, 0.717) is 10.7 Å². The number of amides is 2. The molecule has 2 aromatic carbocycles. The van der Waals surface area contributed by atoms with Gasteiger partial charge in [0.1, 0.15) is 12.6 Å². The lowest BCUT2D eigenvalue weighted by molar-refractivity contribution is -0.146. The largest absolute Gasteiger partial charge is 0.454 e. The van der Waals surface area contributed by atoms with Crippen LogP contribution in [0.15, 0.2) is 36.4 Å². The summed E-state index contributed by atoms with van der Waals surface area (Å²) in [5.41, 5.74) is 0.757. The van der Waals surface area contributed by atoms with E-state index in [-0.39, 0.29) is 21.2 Å². The second-order valence-electron chi connectivity index (χ2n) is 5.32. The lowest BCUT2D eigenvalue weighted by Gasteiger charge is -2.09. The Morgan fingerprint density at radius 3 is 2.43 bits per heavy atom. The molecule has 2 rings (SSSR count). The van der Waals surface area contributed by atoms with Crippen molar-refractivity contribution in [1.29, 1.82) is 5.26 Å². The smallest absolute Gasteiger partial charge is 0.325 e. The summed E-state index contributed by atoms with van der Waals surface area (Å²) in [4.78, 5) is 35.5. The van der Waals surface area contributed by atoms with Crippen LogP contribution in [0.1, 0.15) is 15.9 Å². The van der Waals surface area contributed by atoms with Gasteiger partial charge in [0, 0.05) is 10.7 Å². The maximum absolute atomic E-state index is 12.0. The van der Waals surface area contributed by atoms with Crippen molar-refractivity contribution in [2.24, 2.45) is 0 Å². The van der Waals surface area contributed by atoms with Gasteiger partial charge in [-0.3, -0.25) is 14.4 Å². The molecule has 0 aliphatic heterocycles. The van der Waals surface area contributed by atoms with E-state index in [1.54, 1.807) is 0 Å². The normalized spacial score (nSPS) is 9.93. The van der Waals surface area contributed by atoms with E-state index in [2.05, 4.69) is 10.6 Å². The third-order valence-corrected chi connectivity index (χ3v) is 4.17. The van der Waals surface area contributed by atoms with Crippen LogP contribution in [0.2, 0.25) is 15.1 Å². The first-order valence-electron chi connectivity index (χ1n) is 7.68. The Morgan fingerprint density at radius 1 is 1.04 bits per heavy atom. The van der Waals surface area contributed by atoms with Gasteiger partial charge in [-0.2, -0.15) is 5.26 Å². The van der Waals surface area contributed by atoms with Gasteiger partial charge in [-0.15, -0.1) is 0 Å². The Labute approximate surface area is 175 Å². The van der Waals surface area contributed by atoms with Gasteiger partial charge in [0.05, 0.1) is 21.2 Å². The maximum Gasteiger partial charge on any atom is 0.325 e. The number of hydrogen-bond donors (Lipinski definition) is 2. The minimum Gasteiger partial charge on any atom is -0.454 e. The van der Waals surface area contributed by atoms with Crippen LogP contribution < -0.4 is 10.6 Å². The Balaban J connectivity index is 1.79. The Hall–Kier alpha value is -2.79. The molecule has 0 fully saturated rings. The molecule has 10 heteroatoms. The third kappa shape index (κ3) is 6.13. The molecule has 0 aromatic heterocycles. The minimum absolute atomic E-state index is 0.138. The molecule has 2 aromatic rings. The van der Waals surface area contributed by atoms with E-state index in [4.69, 9.17) is 44.8 Å². The van der Waals surface area contributed by atoms with Crippen LogP contribution in [0.25, 0.3) is 0 Å². The van der Waals surface area contributed by atoms with Crippen LogP contribution in [0, 0.1) is 11.3 Å². The summed E-state index contributed by atoms with van der Waals surface area (Å²) in [6.45, 7) is -1.01. The molecule has 0 saturated carbocycles. The van der Waals surface area contributed by atoms with Gasteiger partial charge in [-0.05, 0) is 36.4 Å². The maximum atomic E-state index is 12.0. The fourth-order valence-corrected chi connectivity index (χ4v) is 2.72. The first kappa shape index (κ1) is 21.5. The summed E-state index contributed by atoms with van der Waals surface area (Å²) < 4.78 is 4.78. The van der Waals surface area contributed by atoms with Gasteiger partial charge >= 0.3 is 5.97 Å². The molecule has 0 aliphatic rings. The van der Waals surface area contributed by atoms with Crippen molar-refractivity contribution < 1.29 is 19.1 Å². The Bertz CT molecular complexity index is 973. The molecule has 2 amide bonds. The predicted octanol–water partition coefficient (Wildman–Crippen LogP) is 3.43. The molecule has 0 saturated heterocycles. The van der Waals surface area contributed by atoms with Crippen LogP contribution in [0.5, 0.6) is 0 Å². The number of carbonyl (C=O) groups excluding carboxylic acids is 3. The zero-order chi connectivity index (χ0) is 20.7. The zero-order valence-electron chi connectivity index (χ0n) is 14.1. The van der Waals surface area contributed by atoms with Gasteiger partial charge in [0.25, 0.3) is 11.8 Å². The van der Waals surface area contributed by atoms with E-state index in [1.165, 1.54) is 36.4 Å². The zero-order valence-corrected chi connectivity index (χ0v) is 16.4. The average molecular weight is 441 g/mol. The molecular formula is C18H12Cl3N3O4. The number of halogens is 3. The van der Waals surface area contributed by atoms with Crippen molar-refractivity contribution in [3.05, 3.63) is 62.6 Å². The second-order valence-corrected chi connectivity index (χ2v) is 6.57. The third-order valence-electron chi connectivity index (χ3n) is 3.31. The molecule has 0 unspecified atom stereocenters. The van der Waals surface area contributed by atoms with Gasteiger partial charge in [-0.25, -0.2) is 0 Å². The molecule has 0 aliphatic carbocycles. The second kappa shape index (κ2) is 9.95. The van der Waals surface area contributed by atoms with Crippen molar-refractivity contribution in [2.75, 3.05) is 18.5 Å². The summed E-state index contributed by atoms with van der Waals surface area (Å²) in [6.07, 6.45) is 0. The molecule has 0 bridgehead atoms. The Kier molecular flexibility index (Phi) is 7.64. The number of hydrogen-bond acceptors (Lipinski definition) is 5. The predicted molar refractivity (Wildman–Crippen MR) is 105 cm³/mol. The first-order valence-corrected chi connectivity index (χ1v) is 8.82. The summed E-state index contributed by atoms with van der Waals surface area (Å²) in [6, 6.07) is 10.5. The fourth-order valence-electron chi connectivity index (χ4n) is 2.00. The van der Waals surface area contributed by atoms with Crippen LogP contribution >= 0.6 is 34.8 Å². The van der Waals surface area contributed by atoms with Gasteiger partial charge < -0.3 is 15.4 Å². The summed E-state index contributed by atoms with van der Waals surface area (Å²) in [5.74, 6) is -2.01. The molecular weight excluding hydrogens is 429 g/mol. The molecule has 0 heterocycles. The highest BCUT2D eigenvalue weighted by Gasteiger charge is 2.14.